The van der Waals surface area contributed by atoms with Crippen molar-refractivity contribution in [1.29, 1.82) is 5.26 Å². The molecular formula is C20H19ClN2O3. The first kappa shape index (κ1) is 19.5. The minimum atomic E-state index is -0.662. The van der Waals surface area contributed by atoms with Crippen LogP contribution in [0.5, 0.6) is 0 Å². The Labute approximate surface area is 157 Å². The molecule has 0 aromatic heterocycles. The van der Waals surface area contributed by atoms with E-state index in [1.807, 2.05) is 38.1 Å². The fraction of sp³-hybridized carbons (Fsp3) is 0.250. The van der Waals surface area contributed by atoms with Crippen LogP contribution in [0, 0.1) is 25.2 Å². The van der Waals surface area contributed by atoms with Gasteiger partial charge >= 0.3 is 5.97 Å². The molecule has 0 heterocycles. The van der Waals surface area contributed by atoms with Crippen molar-refractivity contribution in [1.82, 2.24) is 0 Å². The SMILES string of the molecule is Cc1cc(C)cc(N(CCC#N)C(=O)COC(=O)c2ccccc2Cl)c1. The Balaban J connectivity index is 2.13. The maximum absolute atomic E-state index is 12.6. The fourth-order valence-electron chi connectivity index (χ4n) is 2.58. The van der Waals surface area contributed by atoms with Crippen molar-refractivity contribution in [2.45, 2.75) is 20.3 Å². The van der Waals surface area contributed by atoms with E-state index in [-0.39, 0.29) is 23.6 Å². The van der Waals surface area contributed by atoms with Gasteiger partial charge in [0.2, 0.25) is 0 Å². The molecule has 5 nitrogen and oxygen atoms in total. The van der Waals surface area contributed by atoms with Crippen LogP contribution >= 0.6 is 11.6 Å². The summed E-state index contributed by atoms with van der Waals surface area (Å²) in [6.45, 7) is 3.66. The summed E-state index contributed by atoms with van der Waals surface area (Å²) in [6, 6.07) is 14.2. The Morgan fingerprint density at radius 3 is 2.42 bits per heavy atom. The number of benzene rings is 2. The highest BCUT2D eigenvalue weighted by Gasteiger charge is 2.19. The van der Waals surface area contributed by atoms with Crippen LogP contribution in [-0.2, 0) is 9.53 Å². The minimum absolute atomic E-state index is 0.178. The minimum Gasteiger partial charge on any atom is -0.452 e. The molecule has 0 aliphatic carbocycles. The van der Waals surface area contributed by atoms with Crippen LogP contribution in [-0.4, -0.2) is 25.0 Å². The second-order valence-electron chi connectivity index (χ2n) is 5.86. The Morgan fingerprint density at radius 2 is 1.81 bits per heavy atom. The average Bonchev–Trinajstić information content (AvgIpc) is 2.59. The molecule has 0 bridgehead atoms. The van der Waals surface area contributed by atoms with Crippen LogP contribution in [0.25, 0.3) is 0 Å². The van der Waals surface area contributed by atoms with Gasteiger partial charge in [0.25, 0.3) is 5.91 Å². The van der Waals surface area contributed by atoms with Crippen molar-refractivity contribution < 1.29 is 14.3 Å². The molecule has 0 unspecified atom stereocenters. The summed E-state index contributed by atoms with van der Waals surface area (Å²) < 4.78 is 5.12. The van der Waals surface area contributed by atoms with Gasteiger partial charge in [0.15, 0.2) is 6.61 Å². The molecule has 0 aliphatic rings. The number of esters is 1. The molecule has 26 heavy (non-hydrogen) atoms. The topological polar surface area (TPSA) is 70.4 Å². The lowest BCUT2D eigenvalue weighted by Gasteiger charge is -2.22. The van der Waals surface area contributed by atoms with Gasteiger partial charge in [0.05, 0.1) is 23.1 Å². The van der Waals surface area contributed by atoms with E-state index in [2.05, 4.69) is 0 Å². The van der Waals surface area contributed by atoms with E-state index < -0.39 is 18.5 Å². The Bertz CT molecular complexity index is 838. The van der Waals surface area contributed by atoms with E-state index in [0.29, 0.717) is 5.69 Å². The summed E-state index contributed by atoms with van der Waals surface area (Å²) in [4.78, 5) is 26.2. The van der Waals surface area contributed by atoms with Gasteiger partial charge in [-0.1, -0.05) is 29.8 Å². The standard InChI is InChI=1S/C20H19ClN2O3/c1-14-10-15(2)12-16(11-14)23(9-5-8-22)19(24)13-26-20(25)17-6-3-4-7-18(17)21/h3-4,6-7,10-12H,5,9,13H2,1-2H3. The normalized spacial score (nSPS) is 10.1. The molecule has 1 amide bonds. The van der Waals surface area contributed by atoms with Gasteiger partial charge in [-0.05, 0) is 49.2 Å². The predicted octanol–water partition coefficient (Wildman–Crippen LogP) is 4.06. The summed E-state index contributed by atoms with van der Waals surface area (Å²) in [5.74, 6) is -1.06. The van der Waals surface area contributed by atoms with Crippen molar-refractivity contribution in [3.63, 3.8) is 0 Å². The highest BCUT2D eigenvalue weighted by Crippen LogP contribution is 2.20. The number of anilines is 1. The van der Waals surface area contributed by atoms with Crippen molar-refractivity contribution in [3.8, 4) is 6.07 Å². The van der Waals surface area contributed by atoms with E-state index in [4.69, 9.17) is 21.6 Å². The number of hydrogen-bond donors (Lipinski definition) is 0. The third-order valence-corrected chi connectivity index (χ3v) is 4.02. The Kier molecular flexibility index (Phi) is 6.76. The molecule has 134 valence electrons. The summed E-state index contributed by atoms with van der Waals surface area (Å²) in [5.41, 5.74) is 2.89. The molecule has 0 spiro atoms. The second-order valence-corrected chi connectivity index (χ2v) is 6.26. The number of halogens is 1. The van der Waals surface area contributed by atoms with Crippen molar-refractivity contribution in [2.24, 2.45) is 0 Å². The molecule has 2 aromatic rings. The number of ether oxygens (including phenoxy) is 1. The fourth-order valence-corrected chi connectivity index (χ4v) is 2.79. The smallest absolute Gasteiger partial charge is 0.340 e. The van der Waals surface area contributed by atoms with Crippen molar-refractivity contribution >= 4 is 29.2 Å². The van der Waals surface area contributed by atoms with Crippen LogP contribution in [0.3, 0.4) is 0 Å². The molecular weight excluding hydrogens is 352 g/mol. The van der Waals surface area contributed by atoms with Crippen molar-refractivity contribution in [2.75, 3.05) is 18.1 Å². The quantitative estimate of drug-likeness (QED) is 0.719. The summed E-state index contributed by atoms with van der Waals surface area (Å²) in [7, 11) is 0. The number of rotatable bonds is 6. The first-order chi connectivity index (χ1) is 12.4. The van der Waals surface area contributed by atoms with E-state index in [1.54, 1.807) is 18.2 Å². The van der Waals surface area contributed by atoms with E-state index >= 15 is 0 Å². The molecule has 0 radical (unpaired) electrons. The average molecular weight is 371 g/mol. The van der Waals surface area contributed by atoms with E-state index in [0.717, 1.165) is 11.1 Å². The number of nitriles is 1. The second kappa shape index (κ2) is 9.02. The highest BCUT2D eigenvalue weighted by molar-refractivity contribution is 6.33. The maximum Gasteiger partial charge on any atom is 0.340 e. The monoisotopic (exact) mass is 370 g/mol. The van der Waals surface area contributed by atoms with E-state index in [1.165, 1.54) is 11.0 Å². The van der Waals surface area contributed by atoms with Gasteiger partial charge in [-0.2, -0.15) is 5.26 Å². The maximum atomic E-state index is 12.6. The first-order valence-electron chi connectivity index (χ1n) is 8.09. The molecule has 0 fully saturated rings. The molecule has 2 rings (SSSR count). The van der Waals surface area contributed by atoms with Crippen LogP contribution in [0.15, 0.2) is 42.5 Å². The van der Waals surface area contributed by atoms with Gasteiger partial charge < -0.3 is 9.64 Å². The van der Waals surface area contributed by atoms with Gasteiger partial charge in [-0.25, -0.2) is 4.79 Å². The number of carbonyl (C=O) groups excluding carboxylic acids is 2. The number of carbonyl (C=O) groups is 2. The number of hydrogen-bond acceptors (Lipinski definition) is 4. The predicted molar refractivity (Wildman–Crippen MR) is 100 cm³/mol. The number of nitrogens with zero attached hydrogens (tertiary/aromatic N) is 2. The summed E-state index contributed by atoms with van der Waals surface area (Å²) >= 11 is 5.96. The molecule has 0 saturated heterocycles. The van der Waals surface area contributed by atoms with Gasteiger partial charge in [0, 0.05) is 12.2 Å². The van der Waals surface area contributed by atoms with Crippen LogP contribution in [0.1, 0.15) is 27.9 Å². The molecule has 0 saturated carbocycles. The zero-order valence-electron chi connectivity index (χ0n) is 14.7. The number of amides is 1. The molecule has 2 aromatic carbocycles. The van der Waals surface area contributed by atoms with Gasteiger partial charge in [-0.3, -0.25) is 4.79 Å². The van der Waals surface area contributed by atoms with E-state index in [9.17, 15) is 9.59 Å². The molecule has 0 atom stereocenters. The molecule has 0 N–H and O–H groups in total. The molecule has 0 aliphatic heterocycles. The highest BCUT2D eigenvalue weighted by atomic mass is 35.5. The zero-order chi connectivity index (χ0) is 19.1. The van der Waals surface area contributed by atoms with Gasteiger partial charge in [0.1, 0.15) is 0 Å². The van der Waals surface area contributed by atoms with Gasteiger partial charge in [-0.15, -0.1) is 0 Å². The van der Waals surface area contributed by atoms with Crippen LogP contribution < -0.4 is 4.90 Å². The zero-order valence-corrected chi connectivity index (χ0v) is 15.4. The van der Waals surface area contributed by atoms with Crippen LogP contribution in [0.2, 0.25) is 5.02 Å². The summed E-state index contributed by atoms with van der Waals surface area (Å²) in [5, 5.41) is 9.13. The molecule has 6 heteroatoms. The largest absolute Gasteiger partial charge is 0.452 e. The lowest BCUT2D eigenvalue weighted by molar-refractivity contribution is -0.121. The third kappa shape index (κ3) is 5.08. The first-order valence-corrected chi connectivity index (χ1v) is 8.47. The number of aryl methyl sites for hydroxylation is 2. The Hall–Kier alpha value is -2.84. The lowest BCUT2D eigenvalue weighted by Crippen LogP contribution is -2.35. The Morgan fingerprint density at radius 1 is 1.15 bits per heavy atom. The third-order valence-electron chi connectivity index (χ3n) is 3.69. The van der Waals surface area contributed by atoms with Crippen molar-refractivity contribution in [3.05, 3.63) is 64.2 Å². The summed E-state index contributed by atoms with van der Waals surface area (Å²) in [6.07, 6.45) is 0.178. The van der Waals surface area contributed by atoms with Crippen LogP contribution in [0.4, 0.5) is 5.69 Å². The lowest BCUT2D eigenvalue weighted by atomic mass is 10.1.